The summed E-state index contributed by atoms with van der Waals surface area (Å²) >= 11 is 2.18. The molecule has 0 fully saturated rings. The predicted octanol–water partition coefficient (Wildman–Crippen LogP) is 1.92. The van der Waals surface area contributed by atoms with Crippen LogP contribution in [-0.4, -0.2) is 30.2 Å². The minimum absolute atomic E-state index is 0.697. The Balaban J connectivity index is 2.15. The van der Waals surface area contributed by atoms with Gasteiger partial charge < -0.3 is 10.1 Å². The third-order valence-corrected chi connectivity index (χ3v) is 2.24. The van der Waals surface area contributed by atoms with Crippen LogP contribution >= 0.6 is 22.6 Å². The Morgan fingerprint density at radius 2 is 2.07 bits per heavy atom. The van der Waals surface area contributed by atoms with E-state index in [-0.39, 0.29) is 0 Å². The van der Waals surface area contributed by atoms with Crippen LogP contribution in [0.5, 0.6) is 0 Å². The summed E-state index contributed by atoms with van der Waals surface area (Å²) in [7, 11) is 1.72. The lowest BCUT2D eigenvalue weighted by Crippen LogP contribution is -2.06. The van der Waals surface area contributed by atoms with E-state index in [1.165, 1.54) is 0 Å². The van der Waals surface area contributed by atoms with Crippen molar-refractivity contribution in [2.45, 2.75) is 12.8 Å². The van der Waals surface area contributed by atoms with Gasteiger partial charge in [0.1, 0.15) is 0 Å². The van der Waals surface area contributed by atoms with Gasteiger partial charge in [0.15, 0.2) is 0 Å². The van der Waals surface area contributed by atoms with Crippen LogP contribution < -0.4 is 5.32 Å². The smallest absolute Gasteiger partial charge is 0.222 e. The highest BCUT2D eigenvalue weighted by Gasteiger charge is 1.94. The van der Waals surface area contributed by atoms with Gasteiger partial charge in [-0.1, -0.05) is 0 Å². The van der Waals surface area contributed by atoms with Gasteiger partial charge in [-0.3, -0.25) is 0 Å². The SMILES string of the molecule is COCCCCNc1ncc(I)cn1. The molecule has 0 atom stereocenters. The molecule has 0 saturated heterocycles. The second-order valence-corrected chi connectivity index (χ2v) is 4.10. The Morgan fingerprint density at radius 1 is 1.36 bits per heavy atom. The molecule has 1 aromatic heterocycles. The van der Waals surface area contributed by atoms with E-state index in [0.717, 1.165) is 29.6 Å². The molecule has 1 heterocycles. The van der Waals surface area contributed by atoms with Crippen LogP contribution in [0.25, 0.3) is 0 Å². The lowest BCUT2D eigenvalue weighted by Gasteiger charge is -2.03. The summed E-state index contributed by atoms with van der Waals surface area (Å²) < 4.78 is 6.00. The monoisotopic (exact) mass is 307 g/mol. The van der Waals surface area contributed by atoms with Crippen molar-refractivity contribution in [1.29, 1.82) is 0 Å². The highest BCUT2D eigenvalue weighted by molar-refractivity contribution is 14.1. The fraction of sp³-hybridized carbons (Fsp3) is 0.556. The van der Waals surface area contributed by atoms with E-state index in [1.807, 2.05) is 0 Å². The maximum absolute atomic E-state index is 4.95. The van der Waals surface area contributed by atoms with Crippen molar-refractivity contribution >= 4 is 28.5 Å². The molecule has 0 amide bonds. The minimum atomic E-state index is 0.697. The van der Waals surface area contributed by atoms with E-state index >= 15 is 0 Å². The van der Waals surface area contributed by atoms with Gasteiger partial charge in [0.2, 0.25) is 5.95 Å². The molecule has 0 bridgehead atoms. The molecule has 0 unspecified atom stereocenters. The first kappa shape index (κ1) is 11.6. The van der Waals surface area contributed by atoms with Crippen molar-refractivity contribution in [3.63, 3.8) is 0 Å². The van der Waals surface area contributed by atoms with Crippen LogP contribution in [0.4, 0.5) is 5.95 Å². The second-order valence-electron chi connectivity index (χ2n) is 2.85. The summed E-state index contributed by atoms with van der Waals surface area (Å²) in [6.45, 7) is 1.71. The van der Waals surface area contributed by atoms with Crippen LogP contribution in [0, 0.1) is 3.57 Å². The molecule has 1 aromatic rings. The van der Waals surface area contributed by atoms with E-state index in [1.54, 1.807) is 19.5 Å². The molecule has 4 nitrogen and oxygen atoms in total. The summed E-state index contributed by atoms with van der Waals surface area (Å²) in [5, 5.41) is 3.15. The number of nitrogens with one attached hydrogen (secondary N) is 1. The zero-order valence-corrected chi connectivity index (χ0v) is 10.3. The van der Waals surface area contributed by atoms with Gasteiger partial charge in [0, 0.05) is 36.2 Å². The van der Waals surface area contributed by atoms with Gasteiger partial charge in [-0.05, 0) is 35.4 Å². The van der Waals surface area contributed by atoms with E-state index in [0.29, 0.717) is 5.95 Å². The molecule has 14 heavy (non-hydrogen) atoms. The maximum atomic E-state index is 4.95. The number of unbranched alkanes of at least 4 members (excludes halogenated alkanes) is 1. The number of ether oxygens (including phenoxy) is 1. The van der Waals surface area contributed by atoms with Crippen LogP contribution in [0.1, 0.15) is 12.8 Å². The van der Waals surface area contributed by atoms with Crippen LogP contribution in [-0.2, 0) is 4.74 Å². The van der Waals surface area contributed by atoms with E-state index in [2.05, 4.69) is 37.9 Å². The number of halogens is 1. The minimum Gasteiger partial charge on any atom is -0.385 e. The fourth-order valence-corrected chi connectivity index (χ4v) is 1.25. The Kier molecular flexibility index (Phi) is 5.77. The van der Waals surface area contributed by atoms with Crippen molar-refractivity contribution in [3.8, 4) is 0 Å². The third-order valence-electron chi connectivity index (χ3n) is 1.68. The number of anilines is 1. The first-order valence-electron chi connectivity index (χ1n) is 4.53. The number of aromatic nitrogens is 2. The molecule has 0 aliphatic rings. The molecule has 1 N–H and O–H groups in total. The van der Waals surface area contributed by atoms with Gasteiger partial charge in [-0.2, -0.15) is 0 Å². The number of methoxy groups -OCH3 is 1. The average Bonchev–Trinajstić information content (AvgIpc) is 2.21. The molecule has 0 aliphatic carbocycles. The normalized spacial score (nSPS) is 10.1. The predicted molar refractivity (Wildman–Crippen MR) is 64.3 cm³/mol. The number of rotatable bonds is 6. The molecule has 0 saturated carbocycles. The van der Waals surface area contributed by atoms with Gasteiger partial charge in [-0.25, -0.2) is 9.97 Å². The molecule has 0 spiro atoms. The molecule has 0 aliphatic heterocycles. The quantitative estimate of drug-likeness (QED) is 0.644. The van der Waals surface area contributed by atoms with Crippen molar-refractivity contribution in [2.75, 3.05) is 25.6 Å². The van der Waals surface area contributed by atoms with Crippen LogP contribution in [0.15, 0.2) is 12.4 Å². The fourth-order valence-electron chi connectivity index (χ4n) is 0.975. The van der Waals surface area contributed by atoms with Crippen molar-refractivity contribution in [3.05, 3.63) is 16.0 Å². The molecule has 0 radical (unpaired) electrons. The highest BCUT2D eigenvalue weighted by atomic mass is 127. The average molecular weight is 307 g/mol. The molecule has 1 rings (SSSR count). The van der Waals surface area contributed by atoms with E-state index in [4.69, 9.17) is 4.74 Å². The Hall–Kier alpha value is -0.430. The zero-order valence-electron chi connectivity index (χ0n) is 8.16. The topological polar surface area (TPSA) is 47.0 Å². The standard InChI is InChI=1S/C9H14IN3O/c1-14-5-3-2-4-11-9-12-6-8(10)7-13-9/h6-7H,2-5H2,1H3,(H,11,12,13). The third kappa shape index (κ3) is 4.71. The van der Waals surface area contributed by atoms with Crippen molar-refractivity contribution in [1.82, 2.24) is 9.97 Å². The van der Waals surface area contributed by atoms with Gasteiger partial charge in [-0.15, -0.1) is 0 Å². The van der Waals surface area contributed by atoms with Crippen LogP contribution in [0.2, 0.25) is 0 Å². The Morgan fingerprint density at radius 3 is 2.71 bits per heavy atom. The summed E-state index contributed by atoms with van der Waals surface area (Å²) in [5.74, 6) is 0.697. The molecular weight excluding hydrogens is 293 g/mol. The van der Waals surface area contributed by atoms with Gasteiger partial charge in [0.05, 0.1) is 0 Å². The lowest BCUT2D eigenvalue weighted by molar-refractivity contribution is 0.193. The summed E-state index contributed by atoms with van der Waals surface area (Å²) in [5.41, 5.74) is 0. The Bertz CT molecular complexity index is 253. The zero-order chi connectivity index (χ0) is 10.2. The van der Waals surface area contributed by atoms with Crippen molar-refractivity contribution < 1.29 is 4.74 Å². The summed E-state index contributed by atoms with van der Waals surface area (Å²) in [6, 6.07) is 0. The first-order chi connectivity index (χ1) is 6.83. The van der Waals surface area contributed by atoms with Gasteiger partial charge in [0.25, 0.3) is 0 Å². The summed E-state index contributed by atoms with van der Waals surface area (Å²) in [4.78, 5) is 8.27. The highest BCUT2D eigenvalue weighted by Crippen LogP contribution is 2.02. The molecule has 0 aromatic carbocycles. The van der Waals surface area contributed by atoms with Crippen molar-refractivity contribution in [2.24, 2.45) is 0 Å². The number of hydrogen-bond acceptors (Lipinski definition) is 4. The number of hydrogen-bond donors (Lipinski definition) is 1. The molecular formula is C9H14IN3O. The van der Waals surface area contributed by atoms with Gasteiger partial charge >= 0.3 is 0 Å². The van der Waals surface area contributed by atoms with E-state index < -0.39 is 0 Å². The maximum Gasteiger partial charge on any atom is 0.222 e. The molecule has 5 heteroatoms. The van der Waals surface area contributed by atoms with E-state index in [9.17, 15) is 0 Å². The first-order valence-corrected chi connectivity index (χ1v) is 5.61. The largest absolute Gasteiger partial charge is 0.385 e. The Labute approximate surface area is 97.6 Å². The molecule has 78 valence electrons. The van der Waals surface area contributed by atoms with Crippen LogP contribution in [0.3, 0.4) is 0 Å². The second kappa shape index (κ2) is 6.94. The summed E-state index contributed by atoms with van der Waals surface area (Å²) in [6.07, 6.45) is 5.73. The number of nitrogens with zero attached hydrogens (tertiary/aromatic N) is 2. The lowest BCUT2D eigenvalue weighted by atomic mass is 10.3.